The smallest absolute Gasteiger partial charge is 0.405 e. The molecule has 1 aliphatic heterocycles. The van der Waals surface area contributed by atoms with Crippen LogP contribution in [0.15, 0.2) is 30.3 Å². The highest BCUT2D eigenvalue weighted by atomic mass is 16.5. The number of nitrogens with one attached hydrogen (secondary N) is 4. The van der Waals surface area contributed by atoms with E-state index in [2.05, 4.69) is 21.3 Å². The fourth-order valence-electron chi connectivity index (χ4n) is 4.08. The molecule has 5 atom stereocenters. The normalized spacial score (nSPS) is 18.8. The largest absolute Gasteiger partial charge is 0.465 e. The Bertz CT molecular complexity index is 932. The van der Waals surface area contributed by atoms with E-state index in [4.69, 9.17) is 4.74 Å². The molecule has 4 amide bonds. The molecule has 11 heteroatoms. The van der Waals surface area contributed by atoms with Crippen molar-refractivity contribution in [2.75, 3.05) is 6.54 Å². The molecule has 0 spiro atoms. The SMILES string of the molecule is C[C@@H](OC(C)(C)C)[C@H](NC(=O)O)C(=O)N[C@@H](Cc1ccccc1)C(=O)N[C@H](C=O)C[C@@H]1CCNC1=O. The van der Waals surface area contributed by atoms with E-state index >= 15 is 0 Å². The van der Waals surface area contributed by atoms with E-state index in [-0.39, 0.29) is 24.7 Å². The fourth-order valence-corrected chi connectivity index (χ4v) is 4.08. The zero-order valence-corrected chi connectivity index (χ0v) is 21.1. The number of carbonyl (C=O) groups excluding carboxylic acids is 4. The van der Waals surface area contributed by atoms with Crippen molar-refractivity contribution in [1.82, 2.24) is 21.3 Å². The highest BCUT2D eigenvalue weighted by molar-refractivity contribution is 5.92. The van der Waals surface area contributed by atoms with Crippen molar-refractivity contribution in [3.05, 3.63) is 35.9 Å². The van der Waals surface area contributed by atoms with Gasteiger partial charge in [-0.25, -0.2) is 4.79 Å². The molecule has 1 aromatic rings. The second kappa shape index (κ2) is 13.0. The Balaban J connectivity index is 2.20. The number of amides is 4. The maximum Gasteiger partial charge on any atom is 0.405 e. The number of benzene rings is 1. The minimum atomic E-state index is -1.42. The lowest BCUT2D eigenvalue weighted by Gasteiger charge is -2.31. The monoisotopic (exact) mass is 504 g/mol. The summed E-state index contributed by atoms with van der Waals surface area (Å²) in [7, 11) is 0. The van der Waals surface area contributed by atoms with Crippen molar-refractivity contribution >= 4 is 30.1 Å². The second-order valence-electron chi connectivity index (χ2n) is 9.88. The van der Waals surface area contributed by atoms with Crippen LogP contribution >= 0.6 is 0 Å². The molecule has 1 aromatic carbocycles. The molecule has 0 saturated carbocycles. The van der Waals surface area contributed by atoms with Crippen molar-refractivity contribution in [1.29, 1.82) is 0 Å². The fraction of sp³-hybridized carbons (Fsp3) is 0.560. The molecular formula is C25H36N4O7. The molecule has 0 aromatic heterocycles. The zero-order chi connectivity index (χ0) is 26.9. The first-order chi connectivity index (χ1) is 16.9. The van der Waals surface area contributed by atoms with Gasteiger partial charge in [0.1, 0.15) is 18.4 Å². The molecular weight excluding hydrogens is 468 g/mol. The maximum atomic E-state index is 13.2. The number of aldehydes is 1. The molecule has 1 aliphatic rings. The first-order valence-corrected chi connectivity index (χ1v) is 11.9. The van der Waals surface area contributed by atoms with Crippen LogP contribution in [0.25, 0.3) is 0 Å². The third-order valence-electron chi connectivity index (χ3n) is 5.68. The third kappa shape index (κ3) is 9.29. The van der Waals surface area contributed by atoms with E-state index in [0.717, 1.165) is 5.56 Å². The number of carboxylic acid groups (broad SMARTS) is 1. The van der Waals surface area contributed by atoms with Crippen LogP contribution in [-0.2, 0) is 30.3 Å². The predicted octanol–water partition coefficient (Wildman–Crippen LogP) is 0.764. The Morgan fingerprint density at radius 1 is 1.14 bits per heavy atom. The molecule has 1 heterocycles. The summed E-state index contributed by atoms with van der Waals surface area (Å²) in [5.74, 6) is -1.92. The maximum absolute atomic E-state index is 13.2. The summed E-state index contributed by atoms with van der Waals surface area (Å²) in [6, 6.07) is 5.62. The summed E-state index contributed by atoms with van der Waals surface area (Å²) in [4.78, 5) is 61.3. The summed E-state index contributed by atoms with van der Waals surface area (Å²) in [6.07, 6.45) is -0.879. The Labute approximate surface area is 210 Å². The number of hydrogen-bond acceptors (Lipinski definition) is 6. The van der Waals surface area contributed by atoms with Crippen molar-refractivity contribution < 1.29 is 33.8 Å². The van der Waals surface area contributed by atoms with Gasteiger partial charge >= 0.3 is 6.09 Å². The second-order valence-corrected chi connectivity index (χ2v) is 9.88. The Morgan fingerprint density at radius 2 is 1.81 bits per heavy atom. The standard InChI is InChI=1S/C25H36N4O7/c1-15(36-25(2,3)4)20(29-24(34)35)23(33)28-19(12-16-8-6-5-7-9-16)22(32)27-18(14-30)13-17-10-11-26-21(17)31/h5-9,14-15,17-20,29H,10-13H2,1-4H3,(H,26,31)(H,27,32)(H,28,33)(H,34,35)/t15-,17+,18+,19+,20+/m1/s1. The van der Waals surface area contributed by atoms with Crippen molar-refractivity contribution in [2.24, 2.45) is 5.92 Å². The highest BCUT2D eigenvalue weighted by Crippen LogP contribution is 2.16. The average Bonchev–Trinajstić information content (AvgIpc) is 3.19. The van der Waals surface area contributed by atoms with E-state index in [9.17, 15) is 29.1 Å². The van der Waals surface area contributed by atoms with Crippen LogP contribution < -0.4 is 21.3 Å². The number of hydrogen-bond donors (Lipinski definition) is 5. The molecule has 0 unspecified atom stereocenters. The molecule has 0 radical (unpaired) electrons. The minimum Gasteiger partial charge on any atom is -0.465 e. The first kappa shape index (κ1) is 28.8. The van der Waals surface area contributed by atoms with Gasteiger partial charge in [-0.15, -0.1) is 0 Å². The predicted molar refractivity (Wildman–Crippen MR) is 131 cm³/mol. The van der Waals surface area contributed by atoms with Crippen LogP contribution in [-0.4, -0.2) is 71.6 Å². The Hall–Kier alpha value is -3.47. The molecule has 5 N–H and O–H groups in total. The molecule has 11 nitrogen and oxygen atoms in total. The highest BCUT2D eigenvalue weighted by Gasteiger charge is 2.34. The van der Waals surface area contributed by atoms with Crippen LogP contribution in [0.3, 0.4) is 0 Å². The van der Waals surface area contributed by atoms with Gasteiger partial charge < -0.3 is 35.9 Å². The van der Waals surface area contributed by atoms with Gasteiger partial charge in [0.05, 0.1) is 17.7 Å². The summed E-state index contributed by atoms with van der Waals surface area (Å²) in [6.45, 7) is 7.40. The van der Waals surface area contributed by atoms with Gasteiger partial charge in [0, 0.05) is 18.9 Å². The minimum absolute atomic E-state index is 0.0994. The molecule has 0 aliphatic carbocycles. The summed E-state index contributed by atoms with van der Waals surface area (Å²) in [5.41, 5.74) is 0.0976. The van der Waals surface area contributed by atoms with E-state index < -0.39 is 47.7 Å². The summed E-state index contributed by atoms with van der Waals surface area (Å²) in [5, 5.41) is 19.4. The van der Waals surface area contributed by atoms with E-state index in [1.807, 2.05) is 6.07 Å². The van der Waals surface area contributed by atoms with Gasteiger partial charge in [-0.1, -0.05) is 30.3 Å². The molecule has 36 heavy (non-hydrogen) atoms. The van der Waals surface area contributed by atoms with Crippen molar-refractivity contribution in [3.63, 3.8) is 0 Å². The van der Waals surface area contributed by atoms with E-state index in [1.165, 1.54) is 0 Å². The Kier molecular flexibility index (Phi) is 10.4. The van der Waals surface area contributed by atoms with Gasteiger partial charge in [-0.05, 0) is 46.1 Å². The topological polar surface area (TPSA) is 163 Å². The van der Waals surface area contributed by atoms with E-state index in [1.54, 1.807) is 52.0 Å². The van der Waals surface area contributed by atoms with Gasteiger partial charge in [-0.3, -0.25) is 14.4 Å². The lowest BCUT2D eigenvalue weighted by Crippen LogP contribution is -2.59. The average molecular weight is 505 g/mol. The molecule has 1 saturated heterocycles. The lowest BCUT2D eigenvalue weighted by molar-refractivity contribution is -0.135. The van der Waals surface area contributed by atoms with Gasteiger partial charge in [0.25, 0.3) is 0 Å². The van der Waals surface area contributed by atoms with Crippen LogP contribution in [0.2, 0.25) is 0 Å². The van der Waals surface area contributed by atoms with Gasteiger partial charge in [-0.2, -0.15) is 0 Å². The summed E-state index contributed by atoms with van der Waals surface area (Å²) < 4.78 is 5.78. The van der Waals surface area contributed by atoms with Crippen LogP contribution in [0.1, 0.15) is 46.1 Å². The zero-order valence-electron chi connectivity index (χ0n) is 21.1. The lowest BCUT2D eigenvalue weighted by atomic mass is 9.98. The number of ether oxygens (including phenoxy) is 1. The van der Waals surface area contributed by atoms with Crippen molar-refractivity contribution in [2.45, 2.75) is 76.8 Å². The van der Waals surface area contributed by atoms with E-state index in [0.29, 0.717) is 19.3 Å². The number of carbonyl (C=O) groups is 5. The molecule has 2 rings (SSSR count). The molecule has 198 valence electrons. The third-order valence-corrected chi connectivity index (χ3v) is 5.68. The first-order valence-electron chi connectivity index (χ1n) is 11.9. The molecule has 0 bridgehead atoms. The van der Waals surface area contributed by atoms with Crippen LogP contribution in [0.5, 0.6) is 0 Å². The summed E-state index contributed by atoms with van der Waals surface area (Å²) >= 11 is 0. The Morgan fingerprint density at radius 3 is 2.33 bits per heavy atom. The number of rotatable bonds is 12. The van der Waals surface area contributed by atoms with Gasteiger partial charge in [0.15, 0.2) is 0 Å². The van der Waals surface area contributed by atoms with Crippen molar-refractivity contribution in [3.8, 4) is 0 Å². The quantitative estimate of drug-likeness (QED) is 0.262. The van der Waals surface area contributed by atoms with Gasteiger partial charge in [0.2, 0.25) is 17.7 Å². The van der Waals surface area contributed by atoms with Crippen LogP contribution in [0, 0.1) is 5.92 Å². The van der Waals surface area contributed by atoms with Crippen LogP contribution in [0.4, 0.5) is 4.79 Å². The molecule has 1 fully saturated rings.